The zero-order valence-electron chi connectivity index (χ0n) is 26.7. The van der Waals surface area contributed by atoms with Gasteiger partial charge in [-0.2, -0.15) is 13.8 Å². The van der Waals surface area contributed by atoms with Gasteiger partial charge in [-0.25, -0.2) is 0 Å². The number of anilines is 3. The average molecular weight is 661 g/mol. The van der Waals surface area contributed by atoms with Crippen molar-refractivity contribution in [3.8, 4) is 5.88 Å². The molecule has 4 aromatic rings. The van der Waals surface area contributed by atoms with E-state index in [1.165, 1.54) is 16.7 Å². The second-order valence-corrected chi connectivity index (χ2v) is 14.1. The number of hydrogen-bond donors (Lipinski definition) is 2. The van der Waals surface area contributed by atoms with Gasteiger partial charge >= 0.3 is 6.11 Å². The van der Waals surface area contributed by atoms with Crippen molar-refractivity contribution < 1.29 is 18.3 Å². The van der Waals surface area contributed by atoms with Crippen molar-refractivity contribution in [3.63, 3.8) is 0 Å². The molecule has 246 valence electrons. The van der Waals surface area contributed by atoms with Gasteiger partial charge in [0.25, 0.3) is 5.91 Å². The highest BCUT2D eigenvalue weighted by Crippen LogP contribution is 2.45. The van der Waals surface area contributed by atoms with Gasteiger partial charge in [-0.15, -0.1) is 0 Å². The molecular formula is C36H39ClF2N6O2. The van der Waals surface area contributed by atoms with Gasteiger partial charge in [-0.1, -0.05) is 43.2 Å². The number of piperazine rings is 1. The van der Waals surface area contributed by atoms with Crippen LogP contribution in [0.2, 0.25) is 5.02 Å². The number of pyridine rings is 1. The van der Waals surface area contributed by atoms with E-state index in [1.54, 1.807) is 23.2 Å². The molecule has 2 aromatic heterocycles. The fourth-order valence-corrected chi connectivity index (χ4v) is 7.20. The number of hydrogen-bond acceptors (Lipinski definition) is 6. The smallest absolute Gasteiger partial charge is 0.400 e. The monoisotopic (exact) mass is 660 g/mol. The van der Waals surface area contributed by atoms with E-state index in [0.717, 1.165) is 68.1 Å². The largest absolute Gasteiger partial charge is 0.412 e. The van der Waals surface area contributed by atoms with Gasteiger partial charge < -0.3 is 25.3 Å². The summed E-state index contributed by atoms with van der Waals surface area (Å²) in [6, 6.07) is 17.3. The average Bonchev–Trinajstić information content (AvgIpc) is 3.44. The van der Waals surface area contributed by atoms with Gasteiger partial charge in [0.2, 0.25) is 5.88 Å². The zero-order valence-corrected chi connectivity index (χ0v) is 27.4. The number of benzene rings is 2. The molecule has 3 N–H and O–H groups in total. The van der Waals surface area contributed by atoms with Crippen molar-refractivity contribution in [1.82, 2.24) is 14.9 Å². The topological polar surface area (TPSA) is 90.7 Å². The number of carbonyl (C=O) groups is 1. The number of fused-ring (bicyclic) bond motifs is 2. The van der Waals surface area contributed by atoms with Crippen LogP contribution in [0.3, 0.4) is 0 Å². The van der Waals surface area contributed by atoms with Crippen LogP contribution in [0.5, 0.6) is 5.88 Å². The fraction of sp³-hybridized carbons (Fsp3) is 0.389. The van der Waals surface area contributed by atoms with Crippen LogP contribution in [0.4, 0.5) is 25.8 Å². The van der Waals surface area contributed by atoms with Crippen molar-refractivity contribution in [1.29, 1.82) is 0 Å². The number of alkyl halides is 2. The van der Waals surface area contributed by atoms with Crippen LogP contribution in [-0.2, 0) is 0 Å². The molecule has 1 fully saturated rings. The number of H-pyrrole nitrogens is 1. The maximum Gasteiger partial charge on any atom is 0.400 e. The minimum Gasteiger partial charge on any atom is -0.412 e. The number of nitrogens with two attached hydrogens (primary N) is 1. The second-order valence-electron chi connectivity index (χ2n) is 13.6. The predicted molar refractivity (Wildman–Crippen MR) is 183 cm³/mol. The molecule has 0 saturated carbocycles. The lowest BCUT2D eigenvalue weighted by molar-refractivity contribution is -0.177. The molecule has 0 bridgehead atoms. The molecule has 7 rings (SSSR count). The first-order chi connectivity index (χ1) is 22.4. The van der Waals surface area contributed by atoms with Crippen LogP contribution >= 0.6 is 11.6 Å². The van der Waals surface area contributed by atoms with E-state index in [9.17, 15) is 13.6 Å². The van der Waals surface area contributed by atoms with Crippen LogP contribution in [0, 0.1) is 5.41 Å². The summed E-state index contributed by atoms with van der Waals surface area (Å²) in [6.07, 6.45) is 0.973. The van der Waals surface area contributed by atoms with Gasteiger partial charge in [-0.3, -0.25) is 9.69 Å². The van der Waals surface area contributed by atoms with Crippen molar-refractivity contribution in [2.45, 2.75) is 45.6 Å². The zero-order chi connectivity index (χ0) is 32.9. The molecule has 2 aromatic carbocycles. The van der Waals surface area contributed by atoms with E-state index < -0.39 is 18.4 Å². The van der Waals surface area contributed by atoms with Gasteiger partial charge in [0.1, 0.15) is 11.3 Å². The number of amides is 1. The van der Waals surface area contributed by atoms with Crippen molar-refractivity contribution >= 4 is 51.2 Å². The first-order valence-corrected chi connectivity index (χ1v) is 16.5. The lowest BCUT2D eigenvalue weighted by atomic mass is 9.72. The minimum atomic E-state index is -3.42. The van der Waals surface area contributed by atoms with E-state index in [0.29, 0.717) is 17.0 Å². The number of halogens is 3. The van der Waals surface area contributed by atoms with Gasteiger partial charge in [0, 0.05) is 61.6 Å². The molecule has 8 nitrogen and oxygen atoms in total. The quantitative estimate of drug-likeness (QED) is 0.221. The molecule has 1 saturated heterocycles. The Morgan fingerprint density at radius 1 is 1.00 bits per heavy atom. The highest BCUT2D eigenvalue weighted by molar-refractivity contribution is 6.30. The van der Waals surface area contributed by atoms with Crippen LogP contribution in [0.15, 0.2) is 66.4 Å². The third-order valence-electron chi connectivity index (χ3n) is 9.71. The number of primary amides is 1. The highest BCUT2D eigenvalue weighted by atomic mass is 35.5. The Morgan fingerprint density at radius 3 is 2.51 bits per heavy atom. The third kappa shape index (κ3) is 6.53. The summed E-state index contributed by atoms with van der Waals surface area (Å²) < 4.78 is 34.6. The second kappa shape index (κ2) is 12.1. The molecule has 0 atom stereocenters. The van der Waals surface area contributed by atoms with E-state index >= 15 is 0 Å². The Kier molecular flexibility index (Phi) is 8.12. The molecular weight excluding hydrogens is 622 g/mol. The summed E-state index contributed by atoms with van der Waals surface area (Å²) in [6.45, 7) is 8.84. The number of carbonyl (C=O) groups excluding carboxylic acids is 1. The lowest BCUT2D eigenvalue weighted by Crippen LogP contribution is -2.47. The van der Waals surface area contributed by atoms with Crippen molar-refractivity contribution in [3.05, 3.63) is 82.5 Å². The number of rotatable bonds is 6. The molecule has 1 amide bonds. The number of nitrogens with one attached hydrogen (secondary N) is 1. The maximum atomic E-state index is 14.8. The predicted octanol–water partition coefficient (Wildman–Crippen LogP) is 7.61. The minimum absolute atomic E-state index is 0.0863. The Hall–Kier alpha value is -4.15. The van der Waals surface area contributed by atoms with Gasteiger partial charge in [0.05, 0.1) is 17.7 Å². The first kappa shape index (κ1) is 31.4. The van der Waals surface area contributed by atoms with E-state index in [-0.39, 0.29) is 23.4 Å². The fourth-order valence-electron chi connectivity index (χ4n) is 7.07. The van der Waals surface area contributed by atoms with E-state index in [2.05, 4.69) is 45.7 Å². The van der Waals surface area contributed by atoms with Crippen LogP contribution < -0.4 is 20.3 Å². The summed E-state index contributed by atoms with van der Waals surface area (Å²) in [5, 5.41) is 1.49. The summed E-state index contributed by atoms with van der Waals surface area (Å²) >= 11 is 6.20. The maximum absolute atomic E-state index is 14.8. The molecule has 11 heteroatoms. The SMILES string of the molecule is CC1(C)CCC(CN2CCN(c3ccc(C(N)=O)c(N4CCC(F)(F)Oc5nc6[nH]ccc6cc54)c3)CC2)=C(c2ccc(Cl)cc2)C1. The number of ether oxygens (including phenoxy) is 1. The molecule has 0 spiro atoms. The third-order valence-corrected chi connectivity index (χ3v) is 9.96. The first-order valence-electron chi connectivity index (χ1n) is 16.2. The number of allylic oxidation sites excluding steroid dienone is 1. The Bertz CT molecular complexity index is 1850. The summed E-state index contributed by atoms with van der Waals surface area (Å²) in [7, 11) is 0. The normalized spacial score (nSPS) is 19.8. The Morgan fingerprint density at radius 2 is 1.77 bits per heavy atom. The molecule has 4 heterocycles. The number of nitrogens with zero attached hydrogens (tertiary/aromatic N) is 4. The van der Waals surface area contributed by atoms with Crippen LogP contribution in [0.1, 0.15) is 55.5 Å². The van der Waals surface area contributed by atoms with Crippen LogP contribution in [0.25, 0.3) is 16.6 Å². The number of aromatic nitrogens is 2. The summed E-state index contributed by atoms with van der Waals surface area (Å²) in [5.74, 6) is -0.832. The molecule has 47 heavy (non-hydrogen) atoms. The lowest BCUT2D eigenvalue weighted by Gasteiger charge is -2.39. The molecule has 0 unspecified atom stereocenters. The molecule has 0 radical (unpaired) electrons. The molecule has 1 aliphatic carbocycles. The Labute approximate surface area is 278 Å². The standard InChI is InChI=1S/C36H39ClF2N6O2/c1-35(2)11-9-25(29(21-35)23-3-5-26(37)6-4-23)22-43-15-17-44(18-16-43)27-7-8-28(32(40)46)30(20-27)45-14-12-36(38,39)47-34-31(45)19-24-10-13-41-33(24)42-34/h3-8,10,13,19-20H,9,11-12,14-18,21-22H2,1-2H3,(H2,40,46)(H,41,42). The van der Waals surface area contributed by atoms with Crippen molar-refractivity contribution in [2.75, 3.05) is 49.1 Å². The molecule has 2 aliphatic heterocycles. The summed E-state index contributed by atoms with van der Waals surface area (Å²) in [5.41, 5.74) is 12.7. The summed E-state index contributed by atoms with van der Waals surface area (Å²) in [4.78, 5) is 26.4. The molecule has 3 aliphatic rings. The highest BCUT2D eigenvalue weighted by Gasteiger charge is 2.39. The van der Waals surface area contributed by atoms with Crippen molar-refractivity contribution in [2.24, 2.45) is 11.1 Å². The van der Waals surface area contributed by atoms with E-state index in [4.69, 9.17) is 22.1 Å². The van der Waals surface area contributed by atoms with Gasteiger partial charge in [-0.05, 0) is 78.3 Å². The van der Waals surface area contributed by atoms with Crippen LogP contribution in [-0.4, -0.2) is 66.2 Å². The van der Waals surface area contributed by atoms with Gasteiger partial charge in [0.15, 0.2) is 0 Å². The number of aromatic amines is 1. The Balaban J connectivity index is 1.14. The van der Waals surface area contributed by atoms with E-state index in [1.807, 2.05) is 30.3 Å².